The number of halogens is 3. The Labute approximate surface area is 218 Å². The molecule has 0 unspecified atom stereocenters. The highest BCUT2D eigenvalue weighted by molar-refractivity contribution is 5.77. The van der Waals surface area contributed by atoms with E-state index in [-0.39, 0.29) is 30.3 Å². The quantitative estimate of drug-likeness (QED) is 0.386. The van der Waals surface area contributed by atoms with Crippen LogP contribution in [-0.4, -0.2) is 67.8 Å². The van der Waals surface area contributed by atoms with Crippen LogP contribution in [0.2, 0.25) is 0 Å². The summed E-state index contributed by atoms with van der Waals surface area (Å²) in [5.74, 6) is 0.747. The number of rotatable bonds is 8. The number of nitro groups is 1. The number of ether oxygens (including phenoxy) is 2. The van der Waals surface area contributed by atoms with Crippen molar-refractivity contribution in [1.29, 1.82) is 0 Å². The van der Waals surface area contributed by atoms with Gasteiger partial charge in [0, 0.05) is 49.7 Å². The standard InChI is InChI=1S/C26H31F3N4O5/c1-37-21-9-5-20(6-10-21)31-12-14-32(15-13-31)25(34)17-38-22-7-2-18(3-8-22)30-19-4-11-24(33(35)36)23(16-19)26(27,28)29/h4-6,9-11,16,18,22,30H,2-3,7-8,12-15,17H2,1H3/t18-,22-. The van der Waals surface area contributed by atoms with Gasteiger partial charge >= 0.3 is 6.18 Å². The number of amides is 1. The smallest absolute Gasteiger partial charge is 0.423 e. The second-order valence-electron chi connectivity index (χ2n) is 9.48. The summed E-state index contributed by atoms with van der Waals surface area (Å²) in [6, 6.07) is 10.7. The maximum absolute atomic E-state index is 13.2. The number of nitro benzene ring substituents is 1. The van der Waals surface area contributed by atoms with E-state index >= 15 is 0 Å². The van der Waals surface area contributed by atoms with Gasteiger partial charge in [0.05, 0.1) is 18.1 Å². The monoisotopic (exact) mass is 536 g/mol. The average molecular weight is 537 g/mol. The third-order valence-corrected chi connectivity index (χ3v) is 7.06. The Kier molecular flexibility index (Phi) is 8.60. The lowest BCUT2D eigenvalue weighted by atomic mass is 9.92. The maximum Gasteiger partial charge on any atom is 0.423 e. The first-order valence-corrected chi connectivity index (χ1v) is 12.5. The van der Waals surface area contributed by atoms with E-state index in [1.807, 2.05) is 24.3 Å². The average Bonchev–Trinajstić information content (AvgIpc) is 2.92. The van der Waals surface area contributed by atoms with Gasteiger partial charge in [-0.3, -0.25) is 14.9 Å². The van der Waals surface area contributed by atoms with Crippen LogP contribution in [0.25, 0.3) is 0 Å². The molecule has 1 amide bonds. The summed E-state index contributed by atoms with van der Waals surface area (Å²) in [5.41, 5.74) is -0.959. The zero-order valence-electron chi connectivity index (χ0n) is 21.1. The van der Waals surface area contributed by atoms with Crippen molar-refractivity contribution in [2.24, 2.45) is 0 Å². The molecule has 1 saturated carbocycles. The molecule has 0 aromatic heterocycles. The summed E-state index contributed by atoms with van der Waals surface area (Å²) in [4.78, 5) is 26.6. The van der Waals surface area contributed by atoms with Crippen LogP contribution in [0.3, 0.4) is 0 Å². The van der Waals surface area contributed by atoms with Crippen LogP contribution in [0.1, 0.15) is 31.2 Å². The Hall–Kier alpha value is -3.54. The highest BCUT2D eigenvalue weighted by Crippen LogP contribution is 2.38. The molecule has 9 nitrogen and oxygen atoms in total. The van der Waals surface area contributed by atoms with Crippen molar-refractivity contribution in [3.05, 3.63) is 58.1 Å². The number of alkyl halides is 3. The van der Waals surface area contributed by atoms with Crippen molar-refractivity contribution < 1.29 is 32.4 Å². The Morgan fingerprint density at radius 2 is 1.71 bits per heavy atom. The van der Waals surface area contributed by atoms with Gasteiger partial charge in [0.15, 0.2) is 0 Å². The molecule has 0 spiro atoms. The van der Waals surface area contributed by atoms with Crippen molar-refractivity contribution in [1.82, 2.24) is 4.90 Å². The van der Waals surface area contributed by atoms with Crippen LogP contribution in [0.4, 0.5) is 30.2 Å². The number of anilines is 2. The minimum absolute atomic E-state index is 0.00257. The number of carbonyl (C=O) groups is 1. The van der Waals surface area contributed by atoms with Crippen molar-refractivity contribution >= 4 is 23.0 Å². The second kappa shape index (κ2) is 11.9. The van der Waals surface area contributed by atoms with Crippen molar-refractivity contribution in [3.8, 4) is 5.75 Å². The van der Waals surface area contributed by atoms with Crippen LogP contribution in [0.5, 0.6) is 5.75 Å². The molecule has 1 aliphatic heterocycles. The first-order chi connectivity index (χ1) is 18.1. The molecule has 206 valence electrons. The van der Waals surface area contributed by atoms with Crippen molar-refractivity contribution in [2.75, 3.05) is 50.1 Å². The van der Waals surface area contributed by atoms with Gasteiger partial charge in [0.25, 0.3) is 5.69 Å². The molecule has 0 atom stereocenters. The molecule has 1 saturated heterocycles. The number of hydrogen-bond acceptors (Lipinski definition) is 7. The normalized spacial score (nSPS) is 20.2. The van der Waals surface area contributed by atoms with E-state index in [1.54, 1.807) is 12.0 Å². The van der Waals surface area contributed by atoms with Crippen molar-refractivity contribution in [2.45, 2.75) is 44.0 Å². The van der Waals surface area contributed by atoms with E-state index in [0.717, 1.165) is 36.7 Å². The molecule has 2 aromatic rings. The van der Waals surface area contributed by atoms with Crippen LogP contribution in [0.15, 0.2) is 42.5 Å². The maximum atomic E-state index is 13.2. The molecule has 0 bridgehead atoms. The fourth-order valence-corrected chi connectivity index (χ4v) is 4.91. The van der Waals surface area contributed by atoms with E-state index in [4.69, 9.17) is 9.47 Å². The number of nitrogens with zero attached hydrogens (tertiary/aromatic N) is 3. The predicted octanol–water partition coefficient (Wildman–Crippen LogP) is 4.71. The van der Waals surface area contributed by atoms with E-state index in [2.05, 4.69) is 10.2 Å². The summed E-state index contributed by atoms with van der Waals surface area (Å²) >= 11 is 0. The zero-order chi connectivity index (χ0) is 27.3. The van der Waals surface area contributed by atoms with Gasteiger partial charge in [0.1, 0.15) is 17.9 Å². The largest absolute Gasteiger partial charge is 0.497 e. The Bertz CT molecular complexity index is 1110. The first kappa shape index (κ1) is 27.5. The zero-order valence-corrected chi connectivity index (χ0v) is 21.1. The highest BCUT2D eigenvalue weighted by Gasteiger charge is 2.38. The van der Waals surface area contributed by atoms with E-state index in [1.165, 1.54) is 6.07 Å². The van der Waals surface area contributed by atoms with Crippen LogP contribution < -0.4 is 15.0 Å². The minimum atomic E-state index is -4.82. The third-order valence-electron chi connectivity index (χ3n) is 7.06. The number of benzene rings is 2. The fourth-order valence-electron chi connectivity index (χ4n) is 4.91. The SMILES string of the molecule is COc1ccc(N2CCN(C(=O)CO[C@H]3CC[C@H](Nc4ccc([N+](=O)[O-])c(C(F)(F)F)c4)CC3)CC2)cc1. The summed E-state index contributed by atoms with van der Waals surface area (Å²) in [5, 5.41) is 14.0. The summed E-state index contributed by atoms with van der Waals surface area (Å²) in [6.45, 7) is 2.68. The summed E-state index contributed by atoms with van der Waals surface area (Å²) in [7, 11) is 1.63. The second-order valence-corrected chi connectivity index (χ2v) is 9.48. The summed E-state index contributed by atoms with van der Waals surface area (Å²) < 4.78 is 50.8. The number of nitrogens with one attached hydrogen (secondary N) is 1. The third kappa shape index (κ3) is 6.85. The Morgan fingerprint density at radius 1 is 1.05 bits per heavy atom. The number of hydrogen-bond donors (Lipinski definition) is 1. The Morgan fingerprint density at radius 3 is 2.29 bits per heavy atom. The Balaban J connectivity index is 1.19. The number of carbonyl (C=O) groups excluding carboxylic acids is 1. The molecule has 0 radical (unpaired) electrons. The molecular weight excluding hydrogens is 505 g/mol. The first-order valence-electron chi connectivity index (χ1n) is 12.5. The highest BCUT2D eigenvalue weighted by atomic mass is 19.4. The number of methoxy groups -OCH3 is 1. The molecule has 38 heavy (non-hydrogen) atoms. The van der Waals surface area contributed by atoms with Crippen LogP contribution >= 0.6 is 0 Å². The molecule has 1 heterocycles. The van der Waals surface area contributed by atoms with Gasteiger partial charge < -0.3 is 24.6 Å². The van der Waals surface area contributed by atoms with E-state index in [9.17, 15) is 28.1 Å². The molecule has 4 rings (SSSR count). The minimum Gasteiger partial charge on any atom is -0.497 e. The van der Waals surface area contributed by atoms with E-state index in [0.29, 0.717) is 38.8 Å². The van der Waals surface area contributed by atoms with Gasteiger partial charge in [-0.25, -0.2) is 0 Å². The van der Waals surface area contributed by atoms with Gasteiger partial charge in [-0.1, -0.05) is 0 Å². The topological polar surface area (TPSA) is 97.2 Å². The summed E-state index contributed by atoms with van der Waals surface area (Å²) in [6.07, 6.45) is -2.29. The van der Waals surface area contributed by atoms with Gasteiger partial charge in [-0.05, 0) is 62.1 Å². The lowest BCUT2D eigenvalue weighted by Crippen LogP contribution is -2.50. The molecule has 2 fully saturated rings. The van der Waals surface area contributed by atoms with Crippen LogP contribution in [0, 0.1) is 10.1 Å². The predicted molar refractivity (Wildman–Crippen MR) is 136 cm³/mol. The molecule has 2 aliphatic rings. The molecule has 1 aliphatic carbocycles. The van der Waals surface area contributed by atoms with E-state index < -0.39 is 22.4 Å². The fraction of sp³-hybridized carbons (Fsp3) is 0.500. The molecular formula is C26H31F3N4O5. The molecule has 2 aromatic carbocycles. The number of piperazine rings is 1. The van der Waals surface area contributed by atoms with Gasteiger partial charge in [-0.2, -0.15) is 13.2 Å². The van der Waals surface area contributed by atoms with Crippen molar-refractivity contribution in [3.63, 3.8) is 0 Å². The molecule has 1 N–H and O–H groups in total. The lowest BCUT2D eigenvalue weighted by molar-refractivity contribution is -0.388. The molecule has 12 heteroatoms. The lowest BCUT2D eigenvalue weighted by Gasteiger charge is -2.36. The van der Waals surface area contributed by atoms with Crippen LogP contribution in [-0.2, 0) is 15.7 Å². The van der Waals surface area contributed by atoms with Gasteiger partial charge in [0.2, 0.25) is 5.91 Å². The van der Waals surface area contributed by atoms with Gasteiger partial charge in [-0.15, -0.1) is 0 Å².